The van der Waals surface area contributed by atoms with E-state index in [0.29, 0.717) is 0 Å². The predicted molar refractivity (Wildman–Crippen MR) is 69.6 cm³/mol. The summed E-state index contributed by atoms with van der Waals surface area (Å²) >= 11 is 0. The van der Waals surface area contributed by atoms with E-state index in [1.54, 1.807) is 12.2 Å². The number of rotatable bonds is 0. The van der Waals surface area contributed by atoms with E-state index in [4.69, 9.17) is 4.74 Å². The third-order valence-electron chi connectivity index (χ3n) is 3.47. The topological polar surface area (TPSA) is 26.3 Å². The first-order chi connectivity index (χ1) is 8.84. The molecule has 0 fully saturated rings. The molecule has 0 aromatic heterocycles. The van der Waals surface area contributed by atoms with Gasteiger partial charge in [-0.2, -0.15) is 0 Å². The standard InChI is InChI=1S/C16H10O2/c17-13-7-5-3-1-2-4-6-11-12(13)8-10-9-14-15(11)16(10)18-14/h1-8H,9H2. The van der Waals surface area contributed by atoms with E-state index in [1.807, 2.05) is 36.4 Å². The van der Waals surface area contributed by atoms with Crippen LogP contribution >= 0.6 is 0 Å². The lowest BCUT2D eigenvalue weighted by atomic mass is 10.0. The van der Waals surface area contributed by atoms with Crippen molar-refractivity contribution in [3.8, 4) is 5.75 Å². The van der Waals surface area contributed by atoms with Crippen molar-refractivity contribution in [3.63, 3.8) is 0 Å². The molecule has 0 spiro atoms. The van der Waals surface area contributed by atoms with Gasteiger partial charge in [-0.1, -0.05) is 36.5 Å². The molecule has 1 aromatic rings. The molecule has 0 unspecified atom stereocenters. The Morgan fingerprint density at radius 3 is 2.83 bits per heavy atom. The Kier molecular flexibility index (Phi) is 1.78. The Labute approximate surface area is 104 Å². The molecular weight excluding hydrogens is 224 g/mol. The highest BCUT2D eigenvalue weighted by Crippen LogP contribution is 2.34. The quantitative estimate of drug-likeness (QED) is 0.678. The van der Waals surface area contributed by atoms with Crippen LogP contribution in [0, 0.1) is 0 Å². The van der Waals surface area contributed by atoms with Crippen molar-refractivity contribution in [2.45, 2.75) is 6.42 Å². The van der Waals surface area contributed by atoms with E-state index in [2.05, 4.69) is 0 Å². The molecule has 0 atom stereocenters. The summed E-state index contributed by atoms with van der Waals surface area (Å²) in [6, 6.07) is 1.97. The molecule has 4 bridgehead atoms. The number of carbonyl (C=O) groups is 1. The fraction of sp³-hybridized carbons (Fsp3) is 0.0625. The highest BCUT2D eigenvalue weighted by Gasteiger charge is 2.32. The van der Waals surface area contributed by atoms with Crippen molar-refractivity contribution in [2.75, 3.05) is 0 Å². The number of ketones is 1. The van der Waals surface area contributed by atoms with Crippen LogP contribution < -0.4 is 15.2 Å². The predicted octanol–water partition coefficient (Wildman–Crippen LogP) is 1.39. The van der Waals surface area contributed by atoms with Gasteiger partial charge in [0, 0.05) is 17.5 Å². The first-order valence-electron chi connectivity index (χ1n) is 5.97. The molecule has 2 aliphatic carbocycles. The summed E-state index contributed by atoms with van der Waals surface area (Å²) in [7, 11) is 0. The number of hydrogen-bond donors (Lipinski definition) is 0. The molecule has 1 aromatic carbocycles. The molecule has 4 aliphatic rings. The molecule has 2 aliphatic heterocycles. The number of carbonyl (C=O) groups excluding carboxylic acids is 1. The van der Waals surface area contributed by atoms with Crippen LogP contribution in [-0.4, -0.2) is 5.78 Å². The van der Waals surface area contributed by atoms with Gasteiger partial charge in [0.25, 0.3) is 0 Å². The lowest BCUT2D eigenvalue weighted by Gasteiger charge is -2.12. The molecule has 0 saturated heterocycles. The van der Waals surface area contributed by atoms with E-state index >= 15 is 0 Å². The zero-order chi connectivity index (χ0) is 12.1. The average molecular weight is 234 g/mol. The molecule has 0 radical (unpaired) electrons. The van der Waals surface area contributed by atoms with Crippen LogP contribution in [0.3, 0.4) is 0 Å². The third-order valence-corrected chi connectivity index (χ3v) is 3.47. The van der Waals surface area contributed by atoms with Gasteiger partial charge in [-0.3, -0.25) is 4.79 Å². The summed E-state index contributed by atoms with van der Waals surface area (Å²) in [5.74, 6) is 2.03. The summed E-state index contributed by atoms with van der Waals surface area (Å²) in [5.41, 5.74) is 1.92. The Bertz CT molecular complexity index is 789. The van der Waals surface area contributed by atoms with Gasteiger partial charge < -0.3 is 4.74 Å². The molecule has 0 amide bonds. The minimum atomic E-state index is 0.0541. The molecule has 86 valence electrons. The third kappa shape index (κ3) is 1.15. The second-order valence-corrected chi connectivity index (χ2v) is 4.56. The second-order valence-electron chi connectivity index (χ2n) is 4.56. The maximum Gasteiger partial charge on any atom is 0.186 e. The fourth-order valence-corrected chi connectivity index (χ4v) is 2.64. The molecule has 18 heavy (non-hydrogen) atoms. The van der Waals surface area contributed by atoms with Crippen LogP contribution in [0.1, 0.15) is 15.9 Å². The average Bonchev–Trinajstić information content (AvgIpc) is 2.87. The van der Waals surface area contributed by atoms with Crippen LogP contribution in [-0.2, 0) is 6.42 Å². The number of ether oxygens (including phenoxy) is 1. The molecule has 2 heterocycles. The van der Waals surface area contributed by atoms with E-state index < -0.39 is 0 Å². The van der Waals surface area contributed by atoms with Gasteiger partial charge >= 0.3 is 0 Å². The number of benzene rings is 1. The van der Waals surface area contributed by atoms with Crippen LogP contribution in [0.25, 0.3) is 11.8 Å². The van der Waals surface area contributed by atoms with Crippen molar-refractivity contribution >= 4 is 17.6 Å². The van der Waals surface area contributed by atoms with E-state index in [0.717, 1.165) is 39.5 Å². The first kappa shape index (κ1) is 9.66. The Hall–Kier alpha value is -2.35. The first-order valence-corrected chi connectivity index (χ1v) is 5.97. The minimum absolute atomic E-state index is 0.0541. The zero-order valence-corrected chi connectivity index (χ0v) is 9.64. The normalized spacial score (nSPS) is 18.0. The van der Waals surface area contributed by atoms with Gasteiger partial charge in [-0.15, -0.1) is 0 Å². The highest BCUT2D eigenvalue weighted by molar-refractivity contribution is 6.05. The van der Waals surface area contributed by atoms with Crippen molar-refractivity contribution < 1.29 is 9.53 Å². The zero-order valence-electron chi connectivity index (χ0n) is 9.64. The van der Waals surface area contributed by atoms with E-state index in [-0.39, 0.29) is 5.78 Å². The van der Waals surface area contributed by atoms with Crippen LogP contribution in [0.2, 0.25) is 0 Å². The summed E-state index contributed by atoms with van der Waals surface area (Å²) < 4.78 is 5.54. The highest BCUT2D eigenvalue weighted by atomic mass is 16.5. The lowest BCUT2D eigenvalue weighted by Crippen LogP contribution is -2.37. The van der Waals surface area contributed by atoms with Crippen molar-refractivity contribution in [1.82, 2.24) is 0 Å². The molecule has 0 saturated carbocycles. The Balaban J connectivity index is 2.11. The van der Waals surface area contributed by atoms with Crippen LogP contribution in [0.5, 0.6) is 5.75 Å². The maximum absolute atomic E-state index is 12.2. The Morgan fingerprint density at radius 2 is 1.89 bits per heavy atom. The monoisotopic (exact) mass is 234 g/mol. The number of hydrogen-bond acceptors (Lipinski definition) is 2. The van der Waals surface area contributed by atoms with Crippen molar-refractivity contribution in [1.29, 1.82) is 0 Å². The van der Waals surface area contributed by atoms with Crippen LogP contribution in [0.15, 0.2) is 42.5 Å². The summed E-state index contributed by atoms with van der Waals surface area (Å²) in [6.45, 7) is 0. The summed E-state index contributed by atoms with van der Waals surface area (Å²) in [5, 5.41) is 2.13. The maximum atomic E-state index is 12.2. The van der Waals surface area contributed by atoms with E-state index in [1.165, 1.54) is 0 Å². The van der Waals surface area contributed by atoms with Crippen LogP contribution in [0.4, 0.5) is 0 Å². The SMILES string of the molecule is O=C1C=CC=CC=CC=c2c1cc1c3c2=C(C1)O3. The smallest absolute Gasteiger partial charge is 0.186 e. The number of allylic oxidation sites excluding steroid dienone is 6. The second kappa shape index (κ2) is 3.33. The van der Waals surface area contributed by atoms with Gasteiger partial charge in [-0.05, 0) is 17.4 Å². The van der Waals surface area contributed by atoms with Gasteiger partial charge in [0.15, 0.2) is 5.78 Å². The summed E-state index contributed by atoms with van der Waals surface area (Å²) in [4.78, 5) is 12.2. The molecule has 5 rings (SSSR count). The van der Waals surface area contributed by atoms with Gasteiger partial charge in [0.1, 0.15) is 11.5 Å². The Morgan fingerprint density at radius 1 is 1.06 bits per heavy atom. The van der Waals surface area contributed by atoms with Gasteiger partial charge in [0.05, 0.1) is 5.22 Å². The summed E-state index contributed by atoms with van der Waals surface area (Å²) in [6.07, 6.45) is 13.9. The van der Waals surface area contributed by atoms with Crippen molar-refractivity contribution in [3.05, 3.63) is 64.1 Å². The lowest BCUT2D eigenvalue weighted by molar-refractivity contribution is 0.104. The van der Waals surface area contributed by atoms with Gasteiger partial charge in [-0.25, -0.2) is 0 Å². The molecule has 0 N–H and O–H groups in total. The van der Waals surface area contributed by atoms with Gasteiger partial charge in [0.2, 0.25) is 0 Å². The molecule has 2 heteroatoms. The number of fused-ring (bicyclic) bond motifs is 1. The fourth-order valence-electron chi connectivity index (χ4n) is 2.64. The van der Waals surface area contributed by atoms with E-state index in [9.17, 15) is 4.79 Å². The molecular formula is C16H10O2. The largest absolute Gasteiger partial charge is 0.459 e. The van der Waals surface area contributed by atoms with Crippen molar-refractivity contribution in [2.24, 2.45) is 0 Å². The molecule has 2 nitrogen and oxygen atoms in total. The minimum Gasteiger partial charge on any atom is -0.459 e.